The molecule has 2 aliphatic heterocycles. The summed E-state index contributed by atoms with van der Waals surface area (Å²) in [6, 6.07) is 13.6. The molecule has 0 saturated heterocycles. The fraction of sp³-hybridized carbons (Fsp3) is 0.238. The first-order valence-corrected chi connectivity index (χ1v) is 12.8. The molecule has 0 saturated carbocycles. The van der Waals surface area contributed by atoms with Crippen molar-refractivity contribution in [1.29, 1.82) is 0 Å². The van der Waals surface area contributed by atoms with Gasteiger partial charge in [0.15, 0.2) is 17.2 Å². The van der Waals surface area contributed by atoms with Crippen LogP contribution in [0.2, 0.25) is 0 Å². The first kappa shape index (κ1) is 23.4. The summed E-state index contributed by atoms with van der Waals surface area (Å²) < 4.78 is 39.8. The van der Waals surface area contributed by atoms with Gasteiger partial charge in [0.2, 0.25) is 5.88 Å². The van der Waals surface area contributed by atoms with Gasteiger partial charge in [-0.2, -0.15) is 0 Å². The van der Waals surface area contributed by atoms with Crippen LogP contribution >= 0.6 is 23.5 Å². The van der Waals surface area contributed by atoms with E-state index in [9.17, 15) is 17.8 Å². The van der Waals surface area contributed by atoms with Crippen molar-refractivity contribution in [2.24, 2.45) is 0 Å². The summed E-state index contributed by atoms with van der Waals surface area (Å²) in [4.78, 5) is 14.9. The minimum Gasteiger partial charge on any atom is -0.744 e. The highest BCUT2D eigenvalue weighted by Crippen LogP contribution is 2.42. The van der Waals surface area contributed by atoms with Gasteiger partial charge in [0, 0.05) is 18.8 Å². The predicted octanol–water partition coefficient (Wildman–Crippen LogP) is 3.61. The van der Waals surface area contributed by atoms with Crippen molar-refractivity contribution in [3.63, 3.8) is 0 Å². The van der Waals surface area contributed by atoms with Crippen molar-refractivity contribution in [2.45, 2.75) is 18.7 Å². The van der Waals surface area contributed by atoms with Gasteiger partial charge < -0.3 is 14.2 Å². The second-order valence-electron chi connectivity index (χ2n) is 6.65. The van der Waals surface area contributed by atoms with Crippen LogP contribution in [0.3, 0.4) is 0 Å². The number of aryl methyl sites for hydroxylation is 1. The smallest absolute Gasteiger partial charge is 0.433 e. The summed E-state index contributed by atoms with van der Waals surface area (Å²) in [5, 5.41) is 0. The lowest BCUT2D eigenvalue weighted by molar-refractivity contribution is -0.433. The molecule has 0 atom stereocenters. The van der Waals surface area contributed by atoms with E-state index >= 15 is 0 Å². The fourth-order valence-electron chi connectivity index (χ4n) is 2.96. The third kappa shape index (κ3) is 4.98. The molecule has 0 aromatic heterocycles. The number of carbonyl (C=O) groups excluding carboxylic acids is 1. The van der Waals surface area contributed by atoms with Crippen LogP contribution in [0.4, 0.5) is 5.69 Å². The zero-order chi connectivity index (χ0) is 22.8. The first-order valence-electron chi connectivity index (χ1n) is 9.35. The minimum absolute atomic E-state index is 0.0245. The largest absolute Gasteiger partial charge is 0.744 e. The number of amides is 1. The van der Waals surface area contributed by atoms with Crippen molar-refractivity contribution in [3.8, 4) is 5.75 Å². The van der Waals surface area contributed by atoms with Crippen molar-refractivity contribution in [2.75, 3.05) is 24.7 Å². The zero-order valence-electron chi connectivity index (χ0n) is 17.5. The van der Waals surface area contributed by atoms with Crippen LogP contribution in [0.25, 0.3) is 0 Å². The molecule has 2 aromatic carbocycles. The SMILES string of the molecule is CC[N+]1=C(SC)S/C(=C2/Oc3ccccc3N2C)C1=O.Cc1ccc(S(=O)(=O)[O-])cc1. The maximum Gasteiger partial charge on any atom is 0.433 e. The van der Waals surface area contributed by atoms with E-state index in [1.165, 1.54) is 23.9 Å². The molecule has 0 N–H and O–H groups in total. The van der Waals surface area contributed by atoms with Gasteiger partial charge in [-0.05, 0) is 44.4 Å². The molecule has 31 heavy (non-hydrogen) atoms. The number of anilines is 1. The summed E-state index contributed by atoms with van der Waals surface area (Å²) in [5.74, 6) is 1.45. The van der Waals surface area contributed by atoms with E-state index in [0.29, 0.717) is 17.3 Å². The average Bonchev–Trinajstić information content (AvgIpc) is 3.24. The number of carbonyl (C=O) groups is 1. The maximum absolute atomic E-state index is 12.5. The van der Waals surface area contributed by atoms with Crippen molar-refractivity contribution in [1.82, 2.24) is 0 Å². The Morgan fingerprint density at radius 2 is 1.81 bits per heavy atom. The predicted molar refractivity (Wildman–Crippen MR) is 124 cm³/mol. The van der Waals surface area contributed by atoms with Crippen LogP contribution in [0, 0.1) is 6.92 Å². The average molecular weight is 479 g/mol. The van der Waals surface area contributed by atoms with Crippen LogP contribution in [0.5, 0.6) is 5.75 Å². The summed E-state index contributed by atoms with van der Waals surface area (Å²) in [6.45, 7) is 4.48. The molecule has 7 nitrogen and oxygen atoms in total. The van der Waals surface area contributed by atoms with Crippen LogP contribution in [-0.2, 0) is 14.9 Å². The highest BCUT2D eigenvalue weighted by molar-refractivity contribution is 8.40. The normalized spacial score (nSPS) is 18.0. The molecule has 0 fully saturated rings. The zero-order valence-corrected chi connectivity index (χ0v) is 19.9. The van der Waals surface area contributed by atoms with Gasteiger partial charge >= 0.3 is 5.91 Å². The van der Waals surface area contributed by atoms with Crippen molar-refractivity contribution >= 4 is 49.6 Å². The molecule has 2 aliphatic rings. The Labute approximate surface area is 190 Å². The van der Waals surface area contributed by atoms with Crippen molar-refractivity contribution < 1.29 is 27.1 Å². The minimum atomic E-state index is -4.27. The molecule has 2 heterocycles. The lowest BCUT2D eigenvalue weighted by Gasteiger charge is -2.11. The van der Waals surface area contributed by atoms with Gasteiger partial charge in [0.1, 0.15) is 10.1 Å². The third-order valence-corrected chi connectivity index (χ3v) is 7.70. The van der Waals surface area contributed by atoms with E-state index in [4.69, 9.17) is 4.74 Å². The number of para-hydroxylation sites is 2. The summed E-state index contributed by atoms with van der Waals surface area (Å²) in [7, 11) is -2.34. The van der Waals surface area contributed by atoms with E-state index in [1.807, 2.05) is 56.3 Å². The second-order valence-corrected chi connectivity index (χ2v) is 10.1. The van der Waals surface area contributed by atoms with Gasteiger partial charge in [-0.15, -0.1) is 4.58 Å². The first-order chi connectivity index (χ1) is 14.7. The van der Waals surface area contributed by atoms with Gasteiger partial charge in [-0.1, -0.05) is 41.6 Å². The highest BCUT2D eigenvalue weighted by Gasteiger charge is 2.42. The molecule has 0 unspecified atom stereocenters. The number of fused-ring (bicyclic) bond motifs is 1. The number of nitrogens with zero attached hydrogens (tertiary/aromatic N) is 2. The number of thioether (sulfide) groups is 2. The van der Waals surface area contributed by atoms with Gasteiger partial charge in [-0.3, -0.25) is 0 Å². The molecule has 4 rings (SSSR count). The fourth-order valence-corrected chi connectivity index (χ4v) is 5.40. The lowest BCUT2D eigenvalue weighted by atomic mass is 10.2. The third-order valence-electron chi connectivity index (χ3n) is 4.58. The van der Waals surface area contributed by atoms with Crippen LogP contribution in [-0.4, -0.2) is 47.7 Å². The van der Waals surface area contributed by atoms with E-state index in [-0.39, 0.29) is 10.8 Å². The molecule has 164 valence electrons. The number of ether oxygens (including phenoxy) is 1. The molecular formula is C21H22N2O5S3. The Bertz CT molecular complexity index is 1170. The Morgan fingerprint density at radius 3 is 2.32 bits per heavy atom. The molecule has 0 aliphatic carbocycles. The topological polar surface area (TPSA) is 89.8 Å². The number of hydrogen-bond donors (Lipinski definition) is 0. The number of rotatable bonds is 2. The second kappa shape index (κ2) is 9.47. The van der Waals surface area contributed by atoms with Gasteiger partial charge in [-0.25, -0.2) is 13.2 Å². The van der Waals surface area contributed by atoms with E-state index in [0.717, 1.165) is 21.4 Å². The van der Waals surface area contributed by atoms with Crippen molar-refractivity contribution in [3.05, 3.63) is 64.9 Å². The summed E-state index contributed by atoms with van der Waals surface area (Å²) >= 11 is 3.09. The van der Waals surface area contributed by atoms with Gasteiger partial charge in [0.05, 0.1) is 10.6 Å². The highest BCUT2D eigenvalue weighted by atomic mass is 32.2. The van der Waals surface area contributed by atoms with E-state index in [2.05, 4.69) is 0 Å². The molecule has 0 spiro atoms. The summed E-state index contributed by atoms with van der Waals surface area (Å²) in [5.41, 5.74) is 1.92. The van der Waals surface area contributed by atoms with Gasteiger partial charge in [0.25, 0.3) is 4.38 Å². The van der Waals surface area contributed by atoms with Crippen LogP contribution < -0.4 is 9.64 Å². The van der Waals surface area contributed by atoms with E-state index in [1.54, 1.807) is 28.5 Å². The number of benzene rings is 2. The molecule has 10 heteroatoms. The van der Waals surface area contributed by atoms with Crippen LogP contribution in [0.15, 0.2) is 64.2 Å². The Balaban J connectivity index is 0.000000210. The molecule has 0 bridgehead atoms. The standard InChI is InChI=1S/C14H15N2O2S2.C7H8O3S/c1-4-16-12(17)11(20-14(16)19-3)13-15(2)9-7-5-6-8-10(9)18-13;1-6-2-4-7(5-3-6)11(8,9)10/h5-8H,4H2,1-3H3;2-5H,1H3,(H,8,9,10)/q+1;/p-1/b13-11+;. The Hall–Kier alpha value is -2.27. The number of likely N-dealkylation sites (N-methyl/N-ethyl adjacent to an activating group) is 1. The molecule has 2 aromatic rings. The quantitative estimate of drug-likeness (QED) is 0.367. The Kier molecular flexibility index (Phi) is 7.15. The molecular weight excluding hydrogens is 456 g/mol. The maximum atomic E-state index is 12.5. The monoisotopic (exact) mass is 478 g/mol. The lowest BCUT2D eigenvalue weighted by Crippen LogP contribution is -2.22. The number of hydrogen-bond acceptors (Lipinski definition) is 8. The summed E-state index contributed by atoms with van der Waals surface area (Å²) in [6.07, 6.45) is 1.99. The molecule has 0 radical (unpaired) electrons. The Morgan fingerprint density at radius 1 is 1.16 bits per heavy atom. The van der Waals surface area contributed by atoms with E-state index < -0.39 is 10.1 Å². The van der Waals surface area contributed by atoms with Crippen LogP contribution in [0.1, 0.15) is 12.5 Å². The molecule has 1 amide bonds.